The van der Waals surface area contributed by atoms with E-state index in [0.29, 0.717) is 5.75 Å². The summed E-state index contributed by atoms with van der Waals surface area (Å²) in [5.41, 5.74) is 1.34. The molecule has 0 aromatic heterocycles. The van der Waals surface area contributed by atoms with Crippen LogP contribution in [0, 0.1) is 0 Å². The molecule has 5 heteroatoms. The molecule has 26 heavy (non-hydrogen) atoms. The van der Waals surface area contributed by atoms with Crippen molar-refractivity contribution in [2.75, 3.05) is 13.1 Å². The van der Waals surface area contributed by atoms with Crippen molar-refractivity contribution in [3.05, 3.63) is 64.6 Å². The quantitative estimate of drug-likeness (QED) is 0.773. The second-order valence-electron chi connectivity index (χ2n) is 6.76. The monoisotopic (exact) mass is 416 g/mol. The smallest absolute Gasteiger partial charge is 0.260 e. The second kappa shape index (κ2) is 9.19. The molecule has 0 saturated carbocycles. The number of hydrogen-bond acceptors (Lipinski definition) is 3. The molecule has 1 aliphatic heterocycles. The van der Waals surface area contributed by atoms with E-state index in [0.717, 1.165) is 36.9 Å². The Balaban J connectivity index is 1.42. The van der Waals surface area contributed by atoms with Gasteiger partial charge in [-0.05, 0) is 49.6 Å². The third-order valence-electron chi connectivity index (χ3n) is 4.68. The van der Waals surface area contributed by atoms with Crippen molar-refractivity contribution in [1.82, 2.24) is 10.2 Å². The lowest BCUT2D eigenvalue weighted by molar-refractivity contribution is -0.128. The van der Waals surface area contributed by atoms with Crippen LogP contribution in [0.25, 0.3) is 0 Å². The molecule has 0 bridgehead atoms. The van der Waals surface area contributed by atoms with Gasteiger partial charge in [-0.2, -0.15) is 0 Å². The van der Waals surface area contributed by atoms with Gasteiger partial charge in [-0.1, -0.05) is 46.3 Å². The van der Waals surface area contributed by atoms with E-state index in [9.17, 15) is 4.79 Å². The molecular weight excluding hydrogens is 392 g/mol. The molecule has 3 rings (SSSR count). The number of piperidine rings is 1. The molecule has 0 radical (unpaired) electrons. The molecule has 1 aliphatic rings. The predicted octanol–water partition coefficient (Wildman–Crippen LogP) is 4.00. The normalized spacial score (nSPS) is 16.8. The van der Waals surface area contributed by atoms with Crippen molar-refractivity contribution in [1.29, 1.82) is 0 Å². The highest BCUT2D eigenvalue weighted by Crippen LogP contribution is 2.18. The fourth-order valence-electron chi connectivity index (χ4n) is 3.17. The topological polar surface area (TPSA) is 41.6 Å². The first kappa shape index (κ1) is 18.9. The van der Waals surface area contributed by atoms with E-state index in [1.807, 2.05) is 30.3 Å². The Hall–Kier alpha value is -1.85. The SMILES string of the molecule is C[C@@H](Oc1ccc(Br)cc1)C(=O)NC1CCN(Cc2ccccc2)CC1. The first-order valence-electron chi connectivity index (χ1n) is 9.09. The lowest BCUT2D eigenvalue weighted by Gasteiger charge is -2.32. The number of likely N-dealkylation sites (tertiary alicyclic amines) is 1. The molecule has 2 aromatic rings. The van der Waals surface area contributed by atoms with Gasteiger partial charge in [0.1, 0.15) is 5.75 Å². The van der Waals surface area contributed by atoms with E-state index in [4.69, 9.17) is 4.74 Å². The number of nitrogens with one attached hydrogen (secondary N) is 1. The van der Waals surface area contributed by atoms with E-state index < -0.39 is 6.10 Å². The molecule has 1 saturated heterocycles. The van der Waals surface area contributed by atoms with Crippen molar-refractivity contribution >= 4 is 21.8 Å². The van der Waals surface area contributed by atoms with Gasteiger partial charge in [0.25, 0.3) is 5.91 Å². The lowest BCUT2D eigenvalue weighted by atomic mass is 10.0. The summed E-state index contributed by atoms with van der Waals surface area (Å²) in [6.07, 6.45) is 1.45. The Morgan fingerprint density at radius 3 is 2.46 bits per heavy atom. The van der Waals surface area contributed by atoms with E-state index in [-0.39, 0.29) is 11.9 Å². The van der Waals surface area contributed by atoms with E-state index in [2.05, 4.69) is 50.4 Å². The Labute approximate surface area is 163 Å². The summed E-state index contributed by atoms with van der Waals surface area (Å²) in [4.78, 5) is 14.8. The van der Waals surface area contributed by atoms with Gasteiger partial charge >= 0.3 is 0 Å². The van der Waals surface area contributed by atoms with Crippen LogP contribution in [0.1, 0.15) is 25.3 Å². The molecule has 1 heterocycles. The van der Waals surface area contributed by atoms with Crippen LogP contribution in [-0.4, -0.2) is 36.0 Å². The highest BCUT2D eigenvalue weighted by atomic mass is 79.9. The fourth-order valence-corrected chi connectivity index (χ4v) is 3.43. The maximum atomic E-state index is 12.4. The zero-order valence-electron chi connectivity index (χ0n) is 15.0. The van der Waals surface area contributed by atoms with Gasteiger partial charge < -0.3 is 10.1 Å². The molecular formula is C21H25BrN2O2. The van der Waals surface area contributed by atoms with Crippen molar-refractivity contribution in [2.45, 2.75) is 38.5 Å². The summed E-state index contributed by atoms with van der Waals surface area (Å²) in [5.74, 6) is 0.656. The number of benzene rings is 2. The summed E-state index contributed by atoms with van der Waals surface area (Å²) in [5, 5.41) is 3.13. The first-order chi connectivity index (χ1) is 12.6. The average molecular weight is 417 g/mol. The Kier molecular flexibility index (Phi) is 6.69. The van der Waals surface area contributed by atoms with Crippen molar-refractivity contribution in [3.8, 4) is 5.75 Å². The number of ether oxygens (including phenoxy) is 1. The van der Waals surface area contributed by atoms with Gasteiger partial charge in [-0.25, -0.2) is 0 Å². The van der Waals surface area contributed by atoms with Crippen molar-refractivity contribution in [3.63, 3.8) is 0 Å². The van der Waals surface area contributed by atoms with Crippen LogP contribution < -0.4 is 10.1 Å². The number of rotatable bonds is 6. The van der Waals surface area contributed by atoms with Gasteiger partial charge in [0.2, 0.25) is 0 Å². The van der Waals surface area contributed by atoms with Crippen LogP contribution in [0.15, 0.2) is 59.1 Å². The standard InChI is InChI=1S/C21H25BrN2O2/c1-16(26-20-9-7-18(22)8-10-20)21(25)23-19-11-13-24(14-12-19)15-17-5-3-2-4-6-17/h2-10,16,19H,11-15H2,1H3,(H,23,25)/t16-/m1/s1. The van der Waals surface area contributed by atoms with E-state index >= 15 is 0 Å². The summed E-state index contributed by atoms with van der Waals surface area (Å²) in [6, 6.07) is 18.3. The van der Waals surface area contributed by atoms with Crippen LogP contribution >= 0.6 is 15.9 Å². The fraction of sp³-hybridized carbons (Fsp3) is 0.381. The van der Waals surface area contributed by atoms with Crippen molar-refractivity contribution in [2.24, 2.45) is 0 Å². The molecule has 0 spiro atoms. The minimum Gasteiger partial charge on any atom is -0.481 e. The lowest BCUT2D eigenvalue weighted by Crippen LogP contribution is -2.47. The van der Waals surface area contributed by atoms with Gasteiger partial charge in [0, 0.05) is 30.1 Å². The predicted molar refractivity (Wildman–Crippen MR) is 107 cm³/mol. The van der Waals surface area contributed by atoms with Crippen LogP contribution in [0.3, 0.4) is 0 Å². The number of hydrogen-bond donors (Lipinski definition) is 1. The van der Waals surface area contributed by atoms with Gasteiger partial charge in [-0.15, -0.1) is 0 Å². The minimum atomic E-state index is -0.501. The van der Waals surface area contributed by atoms with Crippen LogP contribution in [0.4, 0.5) is 0 Å². The molecule has 1 amide bonds. The largest absolute Gasteiger partial charge is 0.481 e. The van der Waals surface area contributed by atoms with Crippen LogP contribution in [-0.2, 0) is 11.3 Å². The summed E-state index contributed by atoms with van der Waals surface area (Å²) in [7, 11) is 0. The van der Waals surface area contributed by atoms with E-state index in [1.165, 1.54) is 5.56 Å². The summed E-state index contributed by atoms with van der Waals surface area (Å²) < 4.78 is 6.72. The number of nitrogens with zero attached hydrogens (tertiary/aromatic N) is 1. The molecule has 0 aliphatic carbocycles. The molecule has 1 fully saturated rings. The minimum absolute atomic E-state index is 0.0468. The zero-order valence-corrected chi connectivity index (χ0v) is 16.6. The van der Waals surface area contributed by atoms with Crippen LogP contribution in [0.5, 0.6) is 5.75 Å². The van der Waals surface area contributed by atoms with Gasteiger partial charge in [-0.3, -0.25) is 9.69 Å². The van der Waals surface area contributed by atoms with E-state index in [1.54, 1.807) is 6.92 Å². The van der Waals surface area contributed by atoms with Crippen molar-refractivity contribution < 1.29 is 9.53 Å². The second-order valence-corrected chi connectivity index (χ2v) is 7.67. The number of halogens is 1. The molecule has 0 unspecified atom stereocenters. The Morgan fingerprint density at radius 1 is 1.15 bits per heavy atom. The van der Waals surface area contributed by atoms with Crippen LogP contribution in [0.2, 0.25) is 0 Å². The summed E-state index contributed by atoms with van der Waals surface area (Å²) in [6.45, 7) is 4.77. The third-order valence-corrected chi connectivity index (χ3v) is 5.21. The summed E-state index contributed by atoms with van der Waals surface area (Å²) >= 11 is 3.39. The number of carbonyl (C=O) groups is 1. The highest BCUT2D eigenvalue weighted by Gasteiger charge is 2.23. The Morgan fingerprint density at radius 2 is 1.81 bits per heavy atom. The van der Waals surface area contributed by atoms with Gasteiger partial charge in [0.05, 0.1) is 0 Å². The molecule has 2 aromatic carbocycles. The molecule has 4 nitrogen and oxygen atoms in total. The first-order valence-corrected chi connectivity index (χ1v) is 9.88. The highest BCUT2D eigenvalue weighted by molar-refractivity contribution is 9.10. The maximum Gasteiger partial charge on any atom is 0.260 e. The zero-order chi connectivity index (χ0) is 18.4. The third kappa shape index (κ3) is 5.58. The maximum absolute atomic E-state index is 12.4. The number of amides is 1. The van der Waals surface area contributed by atoms with Gasteiger partial charge in [0.15, 0.2) is 6.10 Å². The molecule has 1 N–H and O–H groups in total. The Bertz CT molecular complexity index is 698. The number of carbonyl (C=O) groups excluding carboxylic acids is 1. The average Bonchev–Trinajstić information content (AvgIpc) is 2.66. The molecule has 1 atom stereocenters. The molecule has 138 valence electrons.